The number of carbonyl (C=O) groups is 1. The van der Waals surface area contributed by atoms with Crippen molar-refractivity contribution in [3.8, 4) is 0 Å². The van der Waals surface area contributed by atoms with E-state index >= 15 is 4.39 Å². The topological polar surface area (TPSA) is 94.0 Å². The Balaban J connectivity index is 1.70. The molecule has 1 amide bonds. The Morgan fingerprint density at radius 2 is 2.20 bits per heavy atom. The first kappa shape index (κ1) is 20.5. The molecule has 2 atom stereocenters. The average molecular weight is 450 g/mol. The van der Waals surface area contributed by atoms with Crippen LogP contribution in [-0.4, -0.2) is 40.7 Å². The normalized spacial score (nSPS) is 25.2. The molecular weight excluding hydrogens is 436 g/mol. The van der Waals surface area contributed by atoms with Gasteiger partial charge in [-0.2, -0.15) is 0 Å². The second-order valence-electron chi connectivity index (χ2n) is 6.84. The molecule has 3 N–H and O–H groups in total. The Bertz CT molecular complexity index is 1120. The van der Waals surface area contributed by atoms with Gasteiger partial charge in [0.2, 0.25) is 5.69 Å². The summed E-state index contributed by atoms with van der Waals surface area (Å²) in [6, 6.07) is 5.07. The summed E-state index contributed by atoms with van der Waals surface area (Å²) in [5.74, 6) is -1.38. The number of nitrogens with zero attached hydrogens (tertiary/aromatic N) is 3. The predicted molar refractivity (Wildman–Crippen MR) is 110 cm³/mol. The minimum Gasteiger partial charge on any atom is -0.379 e. The largest absolute Gasteiger partial charge is 0.379 e. The second-order valence-corrected chi connectivity index (χ2v) is 8.24. The lowest BCUT2D eigenvalue weighted by Gasteiger charge is -2.38. The number of rotatable bonds is 3. The number of alkyl halides is 1. The molecule has 0 aliphatic carbocycles. The predicted octanol–water partition coefficient (Wildman–Crippen LogP) is 3.67. The van der Waals surface area contributed by atoms with Crippen LogP contribution in [0.1, 0.15) is 16.1 Å². The van der Waals surface area contributed by atoms with E-state index in [1.54, 1.807) is 0 Å². The fourth-order valence-electron chi connectivity index (χ4n) is 3.46. The van der Waals surface area contributed by atoms with Gasteiger partial charge in [0.05, 0.1) is 24.8 Å². The first-order valence-electron chi connectivity index (χ1n) is 8.67. The van der Waals surface area contributed by atoms with Crippen LogP contribution in [0.2, 0.25) is 5.02 Å². The molecule has 2 aliphatic rings. The van der Waals surface area contributed by atoms with E-state index in [-0.39, 0.29) is 51.8 Å². The molecule has 7 nitrogen and oxygen atoms in total. The lowest BCUT2D eigenvalue weighted by Crippen LogP contribution is -2.52. The molecule has 0 radical (unpaired) electrons. The van der Waals surface area contributed by atoms with Crippen LogP contribution in [0.5, 0.6) is 0 Å². The van der Waals surface area contributed by atoms with E-state index in [0.717, 1.165) is 17.8 Å². The van der Waals surface area contributed by atoms with E-state index in [0.29, 0.717) is 0 Å². The molecule has 11 heteroatoms. The van der Waals surface area contributed by atoms with Crippen LogP contribution in [0.25, 0.3) is 4.85 Å². The van der Waals surface area contributed by atoms with Gasteiger partial charge < -0.3 is 15.8 Å². The van der Waals surface area contributed by atoms with Gasteiger partial charge in [-0.15, -0.1) is 0 Å². The van der Waals surface area contributed by atoms with Crippen LogP contribution in [0.15, 0.2) is 35.5 Å². The van der Waals surface area contributed by atoms with Crippen molar-refractivity contribution in [1.29, 1.82) is 0 Å². The number of fused-ring (bicyclic) bond motifs is 1. The Morgan fingerprint density at radius 3 is 2.93 bits per heavy atom. The number of ether oxygens (including phenoxy) is 1. The molecule has 1 aromatic heterocycles. The fraction of sp³-hybridized carbons (Fsp3) is 0.263. The summed E-state index contributed by atoms with van der Waals surface area (Å²) in [6.45, 7) is 6.54. The van der Waals surface area contributed by atoms with Gasteiger partial charge in [0, 0.05) is 23.2 Å². The highest BCUT2D eigenvalue weighted by Gasteiger charge is 2.61. The number of halogens is 3. The zero-order valence-electron chi connectivity index (χ0n) is 15.3. The molecule has 3 heterocycles. The van der Waals surface area contributed by atoms with Crippen LogP contribution in [0.4, 0.5) is 20.2 Å². The zero-order valence-corrected chi connectivity index (χ0v) is 16.9. The number of amides is 1. The van der Waals surface area contributed by atoms with E-state index in [9.17, 15) is 9.18 Å². The van der Waals surface area contributed by atoms with E-state index in [1.807, 2.05) is 0 Å². The molecule has 1 aromatic carbocycles. The summed E-state index contributed by atoms with van der Waals surface area (Å²) >= 11 is 7.07. The van der Waals surface area contributed by atoms with Crippen LogP contribution >= 0.6 is 23.4 Å². The Kier molecular flexibility index (Phi) is 5.13. The monoisotopic (exact) mass is 449 g/mol. The highest BCUT2D eigenvalue weighted by molar-refractivity contribution is 8.13. The number of carbonyl (C=O) groups excluding carboxylic acids is 1. The third-order valence-corrected chi connectivity index (χ3v) is 6.25. The molecule has 2 aliphatic heterocycles. The molecule has 154 valence electrons. The maximum absolute atomic E-state index is 15.6. The summed E-state index contributed by atoms with van der Waals surface area (Å²) < 4.78 is 35.7. The summed E-state index contributed by atoms with van der Waals surface area (Å²) in [7, 11) is 0. The molecule has 0 spiro atoms. The molecule has 0 saturated carbocycles. The van der Waals surface area contributed by atoms with Gasteiger partial charge in [0.1, 0.15) is 11.5 Å². The van der Waals surface area contributed by atoms with E-state index < -0.39 is 22.9 Å². The number of anilines is 1. The lowest BCUT2D eigenvalue weighted by atomic mass is 9.79. The van der Waals surface area contributed by atoms with Crippen LogP contribution in [0, 0.1) is 12.4 Å². The standard InChI is InChI=1S/C19H14ClF2N5O2S/c1-24-11-5-13(20)15(25-6-11)16(28)26-10-2-3-14(21)12(4-10)19-8-29-7-18(19,22)9-30-17(23)27-19/h2-6H,7-9H2,(H2,23,27)(H,26,28)/t18-,19-/m1/s1. The van der Waals surface area contributed by atoms with Crippen molar-refractivity contribution in [3.05, 3.63) is 64.0 Å². The first-order valence-corrected chi connectivity index (χ1v) is 10.0. The Hall–Kier alpha value is -2.74. The van der Waals surface area contributed by atoms with Gasteiger partial charge in [-0.25, -0.2) is 18.6 Å². The molecule has 0 unspecified atom stereocenters. The Morgan fingerprint density at radius 1 is 1.40 bits per heavy atom. The van der Waals surface area contributed by atoms with Crippen molar-refractivity contribution in [2.45, 2.75) is 11.2 Å². The number of aromatic nitrogens is 1. The number of aliphatic imine (C=N–C) groups is 1. The van der Waals surface area contributed by atoms with Crippen molar-refractivity contribution in [2.24, 2.45) is 10.7 Å². The number of nitrogens with two attached hydrogens (primary N) is 1. The van der Waals surface area contributed by atoms with E-state index in [4.69, 9.17) is 28.6 Å². The van der Waals surface area contributed by atoms with Gasteiger partial charge >= 0.3 is 0 Å². The van der Waals surface area contributed by atoms with Crippen LogP contribution < -0.4 is 11.1 Å². The molecule has 1 fully saturated rings. The van der Waals surface area contributed by atoms with Gasteiger partial charge in [0.25, 0.3) is 5.91 Å². The van der Waals surface area contributed by atoms with Crippen molar-refractivity contribution >= 4 is 45.8 Å². The van der Waals surface area contributed by atoms with Crippen molar-refractivity contribution < 1.29 is 18.3 Å². The number of amidine groups is 1. The lowest BCUT2D eigenvalue weighted by molar-refractivity contribution is 0.102. The minimum atomic E-state index is -1.94. The number of thioether (sulfide) groups is 1. The zero-order chi connectivity index (χ0) is 21.5. The number of pyridine rings is 1. The second kappa shape index (κ2) is 7.50. The van der Waals surface area contributed by atoms with Gasteiger partial charge in [-0.05, 0) is 24.3 Å². The molecule has 2 aromatic rings. The molecule has 1 saturated heterocycles. The minimum absolute atomic E-state index is 0.00410. The number of hydrogen-bond acceptors (Lipinski definition) is 6. The smallest absolute Gasteiger partial charge is 0.275 e. The van der Waals surface area contributed by atoms with Crippen LogP contribution in [-0.2, 0) is 10.3 Å². The summed E-state index contributed by atoms with van der Waals surface area (Å²) in [6.07, 6.45) is 1.22. The number of nitrogens with one attached hydrogen (secondary N) is 1. The molecular formula is C19H14ClF2N5O2S. The first-order chi connectivity index (χ1) is 14.3. The van der Waals surface area contributed by atoms with Crippen molar-refractivity contribution in [1.82, 2.24) is 4.98 Å². The summed E-state index contributed by atoms with van der Waals surface area (Å²) in [5.41, 5.74) is 2.45. The fourth-order valence-corrected chi connectivity index (χ4v) is 4.62. The summed E-state index contributed by atoms with van der Waals surface area (Å²) in [5, 5.41) is 2.70. The molecule has 30 heavy (non-hydrogen) atoms. The molecule has 0 bridgehead atoms. The van der Waals surface area contributed by atoms with Gasteiger partial charge in [-0.1, -0.05) is 23.4 Å². The van der Waals surface area contributed by atoms with Crippen molar-refractivity contribution in [3.63, 3.8) is 0 Å². The average Bonchev–Trinajstić information content (AvgIpc) is 3.06. The number of hydrogen-bond donors (Lipinski definition) is 2. The molecule has 4 rings (SSSR count). The van der Waals surface area contributed by atoms with E-state index in [2.05, 4.69) is 20.1 Å². The maximum atomic E-state index is 15.6. The maximum Gasteiger partial charge on any atom is 0.275 e. The SMILES string of the molecule is [C-]#[N+]c1cnc(C(=O)Nc2ccc(F)c([C@]34COC[C@@]3(F)CSC(N)=N4)c2)c(Cl)c1. The quantitative estimate of drug-likeness (QED) is 0.697. The van der Waals surface area contributed by atoms with Crippen LogP contribution in [0.3, 0.4) is 0 Å². The van der Waals surface area contributed by atoms with Gasteiger partial charge in [-0.3, -0.25) is 9.78 Å². The summed E-state index contributed by atoms with van der Waals surface area (Å²) in [4.78, 5) is 23.9. The van der Waals surface area contributed by atoms with E-state index in [1.165, 1.54) is 24.4 Å². The van der Waals surface area contributed by atoms with Gasteiger partial charge in [0.15, 0.2) is 16.4 Å². The Labute approximate surface area is 179 Å². The number of benzene rings is 1. The highest BCUT2D eigenvalue weighted by Crippen LogP contribution is 2.50. The highest BCUT2D eigenvalue weighted by atomic mass is 35.5. The third-order valence-electron chi connectivity index (χ3n) is 4.97. The van der Waals surface area contributed by atoms with Crippen molar-refractivity contribution in [2.75, 3.05) is 24.3 Å². The third kappa shape index (κ3) is 3.29.